The van der Waals surface area contributed by atoms with Crippen molar-refractivity contribution >= 4 is 11.7 Å². The summed E-state index contributed by atoms with van der Waals surface area (Å²) in [5.74, 6) is 0.838. The largest absolute Gasteiger partial charge is 0.490 e. The van der Waals surface area contributed by atoms with Crippen molar-refractivity contribution in [1.82, 2.24) is 9.88 Å². The zero-order valence-corrected chi connectivity index (χ0v) is 21.7. The van der Waals surface area contributed by atoms with Crippen LogP contribution < -0.4 is 9.47 Å². The second kappa shape index (κ2) is 12.4. The van der Waals surface area contributed by atoms with Crippen molar-refractivity contribution in [2.45, 2.75) is 57.2 Å². The van der Waals surface area contributed by atoms with Crippen molar-refractivity contribution in [3.8, 4) is 11.5 Å². The van der Waals surface area contributed by atoms with Gasteiger partial charge in [-0.1, -0.05) is 0 Å². The first kappa shape index (κ1) is 26.8. The number of carbonyl (C=O) groups excluding carboxylic acids is 2. The van der Waals surface area contributed by atoms with E-state index < -0.39 is 0 Å². The number of benzene rings is 2. The molecule has 0 unspecified atom stereocenters. The standard InChI is InChI=1S/C31H32F2N2O4/c32-23-4-10-26(11-5-23)38-25-8-1-21(2-9-25)19-30(36)29-14-3-22(20-34-29)31(37)35-17-15-28(16-18-35)39-27-12-6-24(33)7-13-27/h3-7,10-14,20-21,25,28H,1-2,8-9,15-19H2. The van der Waals surface area contributed by atoms with Crippen molar-refractivity contribution in [1.29, 1.82) is 0 Å². The number of rotatable bonds is 8. The highest BCUT2D eigenvalue weighted by Gasteiger charge is 2.27. The van der Waals surface area contributed by atoms with Gasteiger partial charge in [0.25, 0.3) is 5.91 Å². The van der Waals surface area contributed by atoms with Gasteiger partial charge in [-0.2, -0.15) is 0 Å². The van der Waals surface area contributed by atoms with Crippen LogP contribution >= 0.6 is 0 Å². The second-order valence-electron chi connectivity index (χ2n) is 10.3. The fraction of sp³-hybridized carbons (Fsp3) is 0.387. The Morgan fingerprint density at radius 3 is 1.79 bits per heavy atom. The second-order valence-corrected chi connectivity index (χ2v) is 10.3. The SMILES string of the molecule is O=C(CC1CCC(Oc2ccc(F)cc2)CC1)c1ccc(C(=O)N2CCC(Oc3ccc(F)cc3)CC2)cn1. The van der Waals surface area contributed by atoms with Gasteiger partial charge in [0.15, 0.2) is 5.78 Å². The molecule has 39 heavy (non-hydrogen) atoms. The molecule has 0 bridgehead atoms. The highest BCUT2D eigenvalue weighted by molar-refractivity contribution is 5.97. The van der Waals surface area contributed by atoms with Crippen LogP contribution in [0.4, 0.5) is 8.78 Å². The lowest BCUT2D eigenvalue weighted by molar-refractivity contribution is 0.0594. The predicted molar refractivity (Wildman–Crippen MR) is 142 cm³/mol. The number of ether oxygens (including phenoxy) is 2. The minimum Gasteiger partial charge on any atom is -0.490 e. The number of nitrogens with zero attached hydrogens (tertiary/aromatic N) is 2. The Morgan fingerprint density at radius 1 is 0.744 bits per heavy atom. The van der Waals surface area contributed by atoms with Crippen LogP contribution in [0.15, 0.2) is 66.9 Å². The number of aromatic nitrogens is 1. The van der Waals surface area contributed by atoms with E-state index in [-0.39, 0.29) is 41.5 Å². The number of hydrogen-bond acceptors (Lipinski definition) is 5. The van der Waals surface area contributed by atoms with Gasteiger partial charge in [0.2, 0.25) is 0 Å². The number of amides is 1. The molecule has 2 aromatic carbocycles. The topological polar surface area (TPSA) is 68.7 Å². The summed E-state index contributed by atoms with van der Waals surface area (Å²) in [6, 6.07) is 15.3. The van der Waals surface area contributed by atoms with Crippen LogP contribution in [0.1, 0.15) is 65.8 Å². The van der Waals surface area contributed by atoms with Crippen molar-refractivity contribution in [2.24, 2.45) is 5.92 Å². The van der Waals surface area contributed by atoms with E-state index in [9.17, 15) is 18.4 Å². The van der Waals surface area contributed by atoms with E-state index in [0.717, 1.165) is 25.7 Å². The first-order valence-electron chi connectivity index (χ1n) is 13.6. The Hall–Kier alpha value is -3.81. The van der Waals surface area contributed by atoms with E-state index in [2.05, 4.69) is 4.98 Å². The Kier molecular flexibility index (Phi) is 8.49. The molecule has 5 rings (SSSR count). The van der Waals surface area contributed by atoms with Gasteiger partial charge in [-0.25, -0.2) is 8.78 Å². The zero-order chi connectivity index (χ0) is 27.2. The number of hydrogen-bond donors (Lipinski definition) is 0. The number of halogens is 2. The molecular weight excluding hydrogens is 502 g/mol. The quantitative estimate of drug-likeness (QED) is 0.320. The van der Waals surface area contributed by atoms with E-state index in [1.54, 1.807) is 41.3 Å². The van der Waals surface area contributed by atoms with Gasteiger partial charge in [0.1, 0.15) is 34.9 Å². The lowest BCUT2D eigenvalue weighted by atomic mass is 9.84. The van der Waals surface area contributed by atoms with Crippen LogP contribution in [0, 0.1) is 17.6 Å². The molecule has 1 aliphatic carbocycles. The fourth-order valence-electron chi connectivity index (χ4n) is 5.28. The van der Waals surface area contributed by atoms with Crippen LogP contribution in [0.25, 0.3) is 0 Å². The number of piperidine rings is 1. The molecule has 2 aliphatic rings. The summed E-state index contributed by atoms with van der Waals surface area (Å²) in [7, 11) is 0. The first-order chi connectivity index (χ1) is 18.9. The Bertz CT molecular complexity index is 1250. The van der Waals surface area contributed by atoms with Crippen LogP contribution in [0.2, 0.25) is 0 Å². The van der Waals surface area contributed by atoms with Gasteiger partial charge in [-0.3, -0.25) is 14.6 Å². The summed E-state index contributed by atoms with van der Waals surface area (Å²) in [6.45, 7) is 1.11. The highest BCUT2D eigenvalue weighted by atomic mass is 19.1. The summed E-state index contributed by atoms with van der Waals surface area (Å²) in [6.07, 6.45) is 6.80. The first-order valence-corrected chi connectivity index (χ1v) is 13.6. The maximum atomic E-state index is 13.1. The monoisotopic (exact) mass is 534 g/mol. The summed E-state index contributed by atoms with van der Waals surface area (Å²) in [5, 5.41) is 0. The Labute approximate surface area is 227 Å². The Balaban J connectivity index is 1.05. The normalized spacial score (nSPS) is 19.9. The predicted octanol–water partition coefficient (Wildman–Crippen LogP) is 6.25. The summed E-state index contributed by atoms with van der Waals surface area (Å²) >= 11 is 0. The number of Topliss-reactive ketones (excluding diaryl/α,β-unsaturated/α-hetero) is 1. The van der Waals surface area contributed by atoms with Gasteiger partial charge in [-0.15, -0.1) is 0 Å². The molecule has 1 amide bonds. The van der Waals surface area contributed by atoms with Crippen LogP contribution in [-0.4, -0.2) is 46.9 Å². The van der Waals surface area contributed by atoms with Crippen molar-refractivity contribution in [2.75, 3.05) is 13.1 Å². The maximum absolute atomic E-state index is 13.1. The van der Waals surface area contributed by atoms with E-state index in [4.69, 9.17) is 9.47 Å². The highest BCUT2D eigenvalue weighted by Crippen LogP contribution is 2.30. The molecule has 3 aromatic rings. The zero-order valence-electron chi connectivity index (χ0n) is 21.7. The average Bonchev–Trinajstić information content (AvgIpc) is 2.96. The maximum Gasteiger partial charge on any atom is 0.255 e. The van der Waals surface area contributed by atoms with E-state index in [1.807, 2.05) is 0 Å². The van der Waals surface area contributed by atoms with Gasteiger partial charge in [0.05, 0.1) is 11.7 Å². The average molecular weight is 535 g/mol. The van der Waals surface area contributed by atoms with Crippen molar-refractivity contribution in [3.05, 3.63) is 89.8 Å². The summed E-state index contributed by atoms with van der Waals surface area (Å²) < 4.78 is 38.0. The number of likely N-dealkylation sites (tertiary alicyclic amines) is 1. The smallest absolute Gasteiger partial charge is 0.255 e. The molecule has 0 atom stereocenters. The molecule has 204 valence electrons. The van der Waals surface area contributed by atoms with Crippen LogP contribution in [0.3, 0.4) is 0 Å². The van der Waals surface area contributed by atoms with Gasteiger partial charge in [0, 0.05) is 38.5 Å². The van der Waals surface area contributed by atoms with Crippen molar-refractivity contribution < 1.29 is 27.8 Å². The van der Waals surface area contributed by atoms with Crippen molar-refractivity contribution in [3.63, 3.8) is 0 Å². The molecular formula is C31H32F2N2O4. The molecule has 8 heteroatoms. The van der Waals surface area contributed by atoms with Crippen LogP contribution in [0.5, 0.6) is 11.5 Å². The molecule has 1 saturated heterocycles. The summed E-state index contributed by atoms with van der Waals surface area (Å²) in [4.78, 5) is 31.9. The lowest BCUT2D eigenvalue weighted by Crippen LogP contribution is -2.41. The lowest BCUT2D eigenvalue weighted by Gasteiger charge is -2.32. The molecule has 0 spiro atoms. The Morgan fingerprint density at radius 2 is 1.28 bits per heavy atom. The third-order valence-electron chi connectivity index (χ3n) is 7.53. The number of ketones is 1. The minimum atomic E-state index is -0.304. The van der Waals surface area contributed by atoms with Gasteiger partial charge in [-0.05, 0) is 92.3 Å². The summed E-state index contributed by atoms with van der Waals surface area (Å²) in [5.41, 5.74) is 0.838. The molecule has 1 aliphatic heterocycles. The minimum absolute atomic E-state index is 0.0179. The van der Waals surface area contributed by atoms with E-state index >= 15 is 0 Å². The molecule has 1 aromatic heterocycles. The van der Waals surface area contributed by atoms with Gasteiger partial charge >= 0.3 is 0 Å². The van der Waals surface area contributed by atoms with E-state index in [1.165, 1.54) is 30.5 Å². The molecule has 1 saturated carbocycles. The third kappa shape index (κ3) is 7.19. The molecule has 0 radical (unpaired) electrons. The molecule has 2 fully saturated rings. The number of pyridine rings is 1. The molecule has 6 nitrogen and oxygen atoms in total. The van der Waals surface area contributed by atoms with Crippen LogP contribution in [-0.2, 0) is 0 Å². The van der Waals surface area contributed by atoms with E-state index in [0.29, 0.717) is 55.1 Å². The molecule has 0 N–H and O–H groups in total. The number of carbonyl (C=O) groups is 2. The fourth-order valence-corrected chi connectivity index (χ4v) is 5.28. The van der Waals surface area contributed by atoms with Gasteiger partial charge < -0.3 is 14.4 Å². The molecule has 2 heterocycles. The third-order valence-corrected chi connectivity index (χ3v) is 7.53.